The van der Waals surface area contributed by atoms with E-state index in [0.29, 0.717) is 12.0 Å². The van der Waals surface area contributed by atoms with Gasteiger partial charge in [0.05, 0.1) is 0 Å². The van der Waals surface area contributed by atoms with Crippen molar-refractivity contribution >= 4 is 29.9 Å². The average molecular weight is 444 g/mol. The van der Waals surface area contributed by atoms with Crippen LogP contribution in [0.4, 0.5) is 0 Å². The number of nitrogens with two attached hydrogens (primary N) is 1. The van der Waals surface area contributed by atoms with Crippen LogP contribution in [0.1, 0.15) is 39.2 Å². The van der Waals surface area contributed by atoms with Gasteiger partial charge in [0.2, 0.25) is 0 Å². The maximum absolute atomic E-state index is 6.06. The molecular formula is C19H33IN4. The van der Waals surface area contributed by atoms with Crippen LogP contribution in [0.15, 0.2) is 35.3 Å². The summed E-state index contributed by atoms with van der Waals surface area (Å²) in [4.78, 5) is 7.08. The molecule has 1 aromatic rings. The molecule has 0 saturated carbocycles. The quantitative estimate of drug-likeness (QED) is 0.386. The molecule has 1 saturated heterocycles. The molecule has 2 rings (SSSR count). The number of hydrogen-bond acceptors (Lipinski definition) is 2. The zero-order valence-corrected chi connectivity index (χ0v) is 17.6. The second-order valence-electron chi connectivity index (χ2n) is 7.33. The van der Waals surface area contributed by atoms with Crippen molar-refractivity contribution in [2.24, 2.45) is 16.1 Å². The Labute approximate surface area is 164 Å². The van der Waals surface area contributed by atoms with Crippen molar-refractivity contribution in [3.8, 4) is 0 Å². The van der Waals surface area contributed by atoms with Crippen LogP contribution in [0.25, 0.3) is 0 Å². The third-order valence-corrected chi connectivity index (χ3v) is 4.63. The van der Waals surface area contributed by atoms with Gasteiger partial charge < -0.3 is 11.1 Å². The molecule has 5 heteroatoms. The minimum absolute atomic E-state index is 0. The molecule has 1 aromatic carbocycles. The SMILES string of the molecule is CCN1CCCC1CNC(N)=NCC(C)(C)Cc1ccccc1.I. The molecule has 0 amide bonds. The molecule has 0 aliphatic carbocycles. The average Bonchev–Trinajstić information content (AvgIpc) is 2.99. The van der Waals surface area contributed by atoms with Gasteiger partial charge in [-0.25, -0.2) is 0 Å². The number of rotatable bonds is 7. The number of likely N-dealkylation sites (N-methyl/N-ethyl adjacent to an activating group) is 1. The fourth-order valence-electron chi connectivity index (χ4n) is 3.32. The molecule has 0 aromatic heterocycles. The number of nitrogens with one attached hydrogen (secondary N) is 1. The number of halogens is 1. The van der Waals surface area contributed by atoms with Crippen LogP contribution in [0, 0.1) is 5.41 Å². The highest BCUT2D eigenvalue weighted by atomic mass is 127. The monoisotopic (exact) mass is 444 g/mol. The molecule has 1 heterocycles. The van der Waals surface area contributed by atoms with Crippen molar-refractivity contribution in [3.63, 3.8) is 0 Å². The van der Waals surface area contributed by atoms with Crippen LogP contribution in [0.3, 0.4) is 0 Å². The Hall–Kier alpha value is -0.820. The van der Waals surface area contributed by atoms with Crippen molar-refractivity contribution in [1.29, 1.82) is 0 Å². The van der Waals surface area contributed by atoms with Crippen LogP contribution < -0.4 is 11.1 Å². The van der Waals surface area contributed by atoms with Crippen molar-refractivity contribution < 1.29 is 0 Å². The van der Waals surface area contributed by atoms with Gasteiger partial charge in [-0.1, -0.05) is 51.1 Å². The number of nitrogens with zero attached hydrogens (tertiary/aromatic N) is 2. The van der Waals surface area contributed by atoms with Crippen LogP contribution in [0.2, 0.25) is 0 Å². The summed E-state index contributed by atoms with van der Waals surface area (Å²) in [6.07, 6.45) is 3.56. The lowest BCUT2D eigenvalue weighted by atomic mass is 9.86. The van der Waals surface area contributed by atoms with E-state index in [1.807, 2.05) is 0 Å². The van der Waals surface area contributed by atoms with E-state index < -0.39 is 0 Å². The zero-order valence-electron chi connectivity index (χ0n) is 15.3. The Kier molecular flexibility index (Phi) is 9.05. The topological polar surface area (TPSA) is 53.6 Å². The Morgan fingerprint density at radius 2 is 2.04 bits per heavy atom. The van der Waals surface area contributed by atoms with Gasteiger partial charge in [0.15, 0.2) is 5.96 Å². The summed E-state index contributed by atoms with van der Waals surface area (Å²) in [7, 11) is 0. The predicted octanol–water partition coefficient (Wildman–Crippen LogP) is 3.26. The van der Waals surface area contributed by atoms with Crippen molar-refractivity contribution in [2.75, 3.05) is 26.2 Å². The van der Waals surface area contributed by atoms with Crippen LogP contribution in [-0.2, 0) is 6.42 Å². The third-order valence-electron chi connectivity index (χ3n) is 4.63. The number of aliphatic imine (C=N–C) groups is 1. The zero-order chi connectivity index (χ0) is 16.7. The van der Waals surface area contributed by atoms with Gasteiger partial charge in [-0.3, -0.25) is 9.89 Å². The largest absolute Gasteiger partial charge is 0.370 e. The smallest absolute Gasteiger partial charge is 0.188 e. The first-order chi connectivity index (χ1) is 11.0. The molecule has 3 N–H and O–H groups in total. The van der Waals surface area contributed by atoms with Crippen LogP contribution in [-0.4, -0.2) is 43.1 Å². The minimum Gasteiger partial charge on any atom is -0.370 e. The van der Waals surface area contributed by atoms with Crippen molar-refractivity contribution in [3.05, 3.63) is 35.9 Å². The van der Waals surface area contributed by atoms with E-state index in [1.165, 1.54) is 24.9 Å². The van der Waals surface area contributed by atoms with Gasteiger partial charge in [-0.15, -0.1) is 24.0 Å². The molecule has 136 valence electrons. The fourth-order valence-corrected chi connectivity index (χ4v) is 3.32. The lowest BCUT2D eigenvalue weighted by molar-refractivity contribution is 0.267. The van der Waals surface area contributed by atoms with Crippen LogP contribution >= 0.6 is 24.0 Å². The van der Waals surface area contributed by atoms with Gasteiger partial charge in [-0.05, 0) is 43.3 Å². The van der Waals surface area contributed by atoms with Gasteiger partial charge in [0.1, 0.15) is 0 Å². The first-order valence-corrected chi connectivity index (χ1v) is 8.82. The standard InChI is InChI=1S/C19H32N4.HI/c1-4-23-12-8-11-17(23)14-21-18(20)22-15-19(2,3)13-16-9-6-5-7-10-16;/h5-7,9-10,17H,4,8,11-15H2,1-3H3,(H3,20,21,22);1H. The first-order valence-electron chi connectivity index (χ1n) is 8.82. The lowest BCUT2D eigenvalue weighted by Crippen LogP contribution is -2.43. The molecule has 0 radical (unpaired) electrons. The maximum Gasteiger partial charge on any atom is 0.188 e. The summed E-state index contributed by atoms with van der Waals surface area (Å²) < 4.78 is 0. The van der Waals surface area contributed by atoms with Crippen molar-refractivity contribution in [2.45, 2.75) is 46.1 Å². The molecule has 1 fully saturated rings. The fraction of sp³-hybridized carbons (Fsp3) is 0.632. The van der Waals surface area contributed by atoms with Crippen molar-refractivity contribution in [1.82, 2.24) is 10.2 Å². The van der Waals surface area contributed by atoms with Gasteiger partial charge in [-0.2, -0.15) is 0 Å². The summed E-state index contributed by atoms with van der Waals surface area (Å²) >= 11 is 0. The van der Waals surface area contributed by atoms with E-state index in [2.05, 4.69) is 66.3 Å². The third kappa shape index (κ3) is 6.97. The Balaban J connectivity index is 0.00000288. The van der Waals surface area contributed by atoms with Gasteiger partial charge >= 0.3 is 0 Å². The summed E-state index contributed by atoms with van der Waals surface area (Å²) in [5.74, 6) is 0.578. The number of guanidine groups is 1. The molecule has 0 bridgehead atoms. The number of benzene rings is 1. The Morgan fingerprint density at radius 1 is 1.33 bits per heavy atom. The minimum atomic E-state index is 0. The second kappa shape index (κ2) is 10.2. The van der Waals surface area contributed by atoms with E-state index in [0.717, 1.165) is 26.1 Å². The van der Waals surface area contributed by atoms with E-state index in [4.69, 9.17) is 5.73 Å². The number of hydrogen-bond donors (Lipinski definition) is 2. The lowest BCUT2D eigenvalue weighted by Gasteiger charge is -2.24. The predicted molar refractivity (Wildman–Crippen MR) is 114 cm³/mol. The van der Waals surface area contributed by atoms with E-state index in [9.17, 15) is 0 Å². The highest BCUT2D eigenvalue weighted by molar-refractivity contribution is 14.0. The first kappa shape index (κ1) is 21.2. The molecule has 1 aliphatic rings. The Morgan fingerprint density at radius 3 is 2.71 bits per heavy atom. The normalized spacial score (nSPS) is 19.1. The molecule has 4 nitrogen and oxygen atoms in total. The van der Waals surface area contributed by atoms with Gasteiger partial charge in [0, 0.05) is 19.1 Å². The molecule has 24 heavy (non-hydrogen) atoms. The summed E-state index contributed by atoms with van der Waals surface area (Å²) in [6.45, 7) is 10.7. The summed E-state index contributed by atoms with van der Waals surface area (Å²) in [5, 5.41) is 3.31. The molecule has 1 unspecified atom stereocenters. The van der Waals surface area contributed by atoms with E-state index >= 15 is 0 Å². The molecule has 0 spiro atoms. The maximum atomic E-state index is 6.06. The van der Waals surface area contributed by atoms with Crippen LogP contribution in [0.5, 0.6) is 0 Å². The highest BCUT2D eigenvalue weighted by Crippen LogP contribution is 2.22. The molecule has 1 atom stereocenters. The van der Waals surface area contributed by atoms with Gasteiger partial charge in [0.25, 0.3) is 0 Å². The number of likely N-dealkylation sites (tertiary alicyclic amines) is 1. The van der Waals surface area contributed by atoms with E-state index in [-0.39, 0.29) is 29.4 Å². The highest BCUT2D eigenvalue weighted by Gasteiger charge is 2.23. The summed E-state index contributed by atoms with van der Waals surface area (Å²) in [6, 6.07) is 11.2. The van der Waals surface area contributed by atoms with E-state index in [1.54, 1.807) is 0 Å². The second-order valence-corrected chi connectivity index (χ2v) is 7.33. The molecule has 1 aliphatic heterocycles. The Bertz CT molecular complexity index is 501. The molecular weight excluding hydrogens is 411 g/mol. The summed E-state index contributed by atoms with van der Waals surface area (Å²) in [5.41, 5.74) is 7.52.